The minimum atomic E-state index is -0.250. The normalized spacial score (nSPS) is 12.4. The lowest BCUT2D eigenvalue weighted by Crippen LogP contribution is -2.16. The van der Waals surface area contributed by atoms with Crippen LogP contribution in [0.25, 0.3) is 10.2 Å². The fourth-order valence-corrected chi connectivity index (χ4v) is 3.94. The van der Waals surface area contributed by atoms with Crippen LogP contribution in [-0.2, 0) is 13.5 Å². The van der Waals surface area contributed by atoms with Crippen LogP contribution in [0.4, 0.5) is 0 Å². The van der Waals surface area contributed by atoms with E-state index in [1.807, 2.05) is 25.5 Å². The third kappa shape index (κ3) is 3.58. The van der Waals surface area contributed by atoms with Crippen LogP contribution in [-0.4, -0.2) is 20.3 Å². The monoisotopic (exact) mass is 356 g/mol. The van der Waals surface area contributed by atoms with E-state index in [1.54, 1.807) is 28.3 Å². The molecule has 0 spiro atoms. The minimum absolute atomic E-state index is 0.126. The van der Waals surface area contributed by atoms with Crippen LogP contribution < -0.4 is 4.80 Å². The molecule has 0 radical (unpaired) electrons. The van der Waals surface area contributed by atoms with Crippen molar-refractivity contribution in [2.75, 3.05) is 0 Å². The van der Waals surface area contributed by atoms with Gasteiger partial charge in [0.2, 0.25) is 0 Å². The first-order valence-corrected chi connectivity index (χ1v) is 9.54. The van der Waals surface area contributed by atoms with E-state index in [1.165, 1.54) is 23.1 Å². The Morgan fingerprint density at radius 3 is 2.84 bits per heavy atom. The van der Waals surface area contributed by atoms with Gasteiger partial charge in [0.25, 0.3) is 5.91 Å². The summed E-state index contributed by atoms with van der Waals surface area (Å²) in [5, 5.41) is 4.22. The summed E-state index contributed by atoms with van der Waals surface area (Å²) in [6, 6.07) is 8.36. The highest BCUT2D eigenvalue weighted by atomic mass is 32.1. The highest BCUT2D eigenvalue weighted by Crippen LogP contribution is 2.20. The van der Waals surface area contributed by atoms with Crippen molar-refractivity contribution in [2.24, 2.45) is 12.0 Å². The van der Waals surface area contributed by atoms with Gasteiger partial charge in [0.1, 0.15) is 5.69 Å². The zero-order chi connectivity index (χ0) is 18.0. The second-order valence-electron chi connectivity index (χ2n) is 6.52. The number of rotatable bonds is 5. The lowest BCUT2D eigenvalue weighted by molar-refractivity contribution is 0.0986. The van der Waals surface area contributed by atoms with E-state index in [0.717, 1.165) is 11.9 Å². The zero-order valence-electron chi connectivity index (χ0n) is 15.2. The molecule has 5 nitrogen and oxygen atoms in total. The molecule has 2 aromatic heterocycles. The number of amides is 1. The number of aromatic nitrogens is 3. The van der Waals surface area contributed by atoms with Gasteiger partial charge < -0.3 is 4.57 Å². The van der Waals surface area contributed by atoms with Gasteiger partial charge in [-0.15, -0.1) is 0 Å². The topological polar surface area (TPSA) is 52.2 Å². The number of hydrogen-bond donors (Lipinski definition) is 0. The summed E-state index contributed by atoms with van der Waals surface area (Å²) in [5.41, 5.74) is 2.97. The maximum absolute atomic E-state index is 12.6. The molecule has 6 heteroatoms. The van der Waals surface area contributed by atoms with Crippen molar-refractivity contribution in [3.63, 3.8) is 0 Å². The van der Waals surface area contributed by atoms with E-state index in [4.69, 9.17) is 0 Å². The Balaban J connectivity index is 2.00. The molecule has 0 aliphatic carbocycles. The number of unbranched alkanes of at least 4 members (excludes halogenated alkanes) is 1. The lowest BCUT2D eigenvalue weighted by atomic mass is 10.1. The Kier molecular flexibility index (Phi) is 5.18. The highest BCUT2D eigenvalue weighted by Gasteiger charge is 2.14. The van der Waals surface area contributed by atoms with Gasteiger partial charge >= 0.3 is 0 Å². The second kappa shape index (κ2) is 7.35. The summed E-state index contributed by atoms with van der Waals surface area (Å²) in [5.74, 6) is -0.250. The molecule has 0 fully saturated rings. The van der Waals surface area contributed by atoms with Crippen molar-refractivity contribution in [1.82, 2.24) is 14.3 Å². The fraction of sp³-hybridized carbons (Fsp3) is 0.421. The Morgan fingerprint density at radius 2 is 2.12 bits per heavy atom. The SMILES string of the molecule is CCCCc1ccc2c(c1)sc(=NC(=O)c1ccnn1C(C)C)n2C. The molecular weight excluding hydrogens is 332 g/mol. The Labute approximate surface area is 151 Å². The van der Waals surface area contributed by atoms with Gasteiger partial charge in [0.15, 0.2) is 4.80 Å². The van der Waals surface area contributed by atoms with Crippen molar-refractivity contribution in [3.8, 4) is 0 Å². The first kappa shape index (κ1) is 17.6. The molecule has 25 heavy (non-hydrogen) atoms. The summed E-state index contributed by atoms with van der Waals surface area (Å²) in [6.45, 7) is 6.20. The van der Waals surface area contributed by atoms with Gasteiger partial charge in [0.05, 0.1) is 10.2 Å². The number of fused-ring (bicyclic) bond motifs is 1. The maximum Gasteiger partial charge on any atom is 0.297 e. The van der Waals surface area contributed by atoms with Gasteiger partial charge in [-0.2, -0.15) is 10.1 Å². The highest BCUT2D eigenvalue weighted by molar-refractivity contribution is 7.16. The molecule has 1 aromatic carbocycles. The van der Waals surface area contributed by atoms with Crippen LogP contribution in [0.1, 0.15) is 55.7 Å². The van der Waals surface area contributed by atoms with Crippen LogP contribution in [0.2, 0.25) is 0 Å². The smallest absolute Gasteiger partial charge is 0.297 e. The van der Waals surface area contributed by atoms with Crippen molar-refractivity contribution in [1.29, 1.82) is 0 Å². The van der Waals surface area contributed by atoms with Gasteiger partial charge in [-0.1, -0.05) is 30.7 Å². The summed E-state index contributed by atoms with van der Waals surface area (Å²) >= 11 is 1.56. The van der Waals surface area contributed by atoms with E-state index in [2.05, 4.69) is 35.2 Å². The van der Waals surface area contributed by atoms with Crippen LogP contribution in [0, 0.1) is 0 Å². The second-order valence-corrected chi connectivity index (χ2v) is 7.53. The standard InChI is InChI=1S/C19H24N4OS/c1-5-6-7-14-8-9-15-17(12-14)25-19(22(15)4)21-18(24)16-10-11-20-23(16)13(2)3/h8-13H,5-7H2,1-4H3. The maximum atomic E-state index is 12.6. The molecule has 1 amide bonds. The fourth-order valence-electron chi connectivity index (χ4n) is 2.86. The van der Waals surface area contributed by atoms with Gasteiger partial charge in [-0.05, 0) is 50.5 Å². The van der Waals surface area contributed by atoms with Crippen LogP contribution in [0.15, 0.2) is 35.5 Å². The average Bonchev–Trinajstić information content (AvgIpc) is 3.19. The Bertz CT molecular complexity index is 961. The van der Waals surface area contributed by atoms with Crippen molar-refractivity contribution < 1.29 is 4.79 Å². The average molecular weight is 356 g/mol. The van der Waals surface area contributed by atoms with Crippen LogP contribution in [0.3, 0.4) is 0 Å². The summed E-state index contributed by atoms with van der Waals surface area (Å²) in [4.78, 5) is 17.7. The quantitative estimate of drug-likeness (QED) is 0.691. The van der Waals surface area contributed by atoms with Gasteiger partial charge in [-0.25, -0.2) is 0 Å². The minimum Gasteiger partial charge on any atom is -0.319 e. The molecule has 0 atom stereocenters. The van der Waals surface area contributed by atoms with Crippen LogP contribution >= 0.6 is 11.3 Å². The number of carbonyl (C=O) groups excluding carboxylic acids is 1. The lowest BCUT2D eigenvalue weighted by Gasteiger charge is -2.07. The molecule has 0 saturated heterocycles. The summed E-state index contributed by atoms with van der Waals surface area (Å²) in [6.07, 6.45) is 5.12. The predicted molar refractivity (Wildman–Crippen MR) is 102 cm³/mol. The third-order valence-corrected chi connectivity index (χ3v) is 5.36. The Morgan fingerprint density at radius 1 is 1.32 bits per heavy atom. The van der Waals surface area contributed by atoms with Crippen molar-refractivity contribution in [2.45, 2.75) is 46.1 Å². The number of aryl methyl sites for hydroxylation is 2. The molecule has 0 saturated carbocycles. The van der Waals surface area contributed by atoms with E-state index in [-0.39, 0.29) is 11.9 Å². The predicted octanol–water partition coefficient (Wildman–Crippen LogP) is 4.10. The molecule has 0 N–H and O–H groups in total. The number of thiazole rings is 1. The molecule has 0 aliphatic heterocycles. The van der Waals surface area contributed by atoms with E-state index in [0.29, 0.717) is 10.5 Å². The molecule has 3 aromatic rings. The Hall–Kier alpha value is -2.21. The van der Waals surface area contributed by atoms with Gasteiger partial charge in [0, 0.05) is 19.3 Å². The van der Waals surface area contributed by atoms with E-state index in [9.17, 15) is 4.79 Å². The van der Waals surface area contributed by atoms with Gasteiger partial charge in [-0.3, -0.25) is 9.48 Å². The third-order valence-electron chi connectivity index (χ3n) is 4.27. The number of hydrogen-bond acceptors (Lipinski definition) is 3. The van der Waals surface area contributed by atoms with Crippen LogP contribution in [0.5, 0.6) is 0 Å². The first-order chi connectivity index (χ1) is 12.0. The zero-order valence-corrected chi connectivity index (χ0v) is 16.0. The number of benzene rings is 1. The van der Waals surface area contributed by atoms with Crippen molar-refractivity contribution >= 4 is 27.5 Å². The summed E-state index contributed by atoms with van der Waals surface area (Å²) in [7, 11) is 1.95. The molecule has 0 bridgehead atoms. The molecule has 0 unspecified atom stereocenters. The number of nitrogens with zero attached hydrogens (tertiary/aromatic N) is 4. The number of carbonyl (C=O) groups is 1. The first-order valence-electron chi connectivity index (χ1n) is 8.72. The molecule has 3 rings (SSSR count). The largest absolute Gasteiger partial charge is 0.319 e. The van der Waals surface area contributed by atoms with E-state index >= 15 is 0 Å². The molecular formula is C19H24N4OS. The molecule has 132 valence electrons. The summed E-state index contributed by atoms with van der Waals surface area (Å²) < 4.78 is 4.86. The molecule has 0 aliphatic rings. The van der Waals surface area contributed by atoms with E-state index < -0.39 is 0 Å². The van der Waals surface area contributed by atoms with Crippen molar-refractivity contribution in [3.05, 3.63) is 46.5 Å². The molecule has 2 heterocycles.